The van der Waals surface area contributed by atoms with E-state index in [1.807, 2.05) is 0 Å². The Morgan fingerprint density at radius 2 is 0.550 bits per heavy atom. The van der Waals surface area contributed by atoms with E-state index in [9.17, 15) is 0 Å². The van der Waals surface area contributed by atoms with Crippen LogP contribution in [-0.2, 0) is 0 Å². The molecule has 2 aliphatic heterocycles. The predicted octanol–water partition coefficient (Wildman–Crippen LogP) is 11.5. The van der Waals surface area contributed by atoms with E-state index >= 15 is 0 Å². The van der Waals surface area contributed by atoms with Gasteiger partial charge in [0.1, 0.15) is 0 Å². The summed E-state index contributed by atoms with van der Waals surface area (Å²) >= 11 is -5.52. The van der Waals surface area contributed by atoms with Crippen molar-refractivity contribution in [1.29, 1.82) is 0 Å². The molecular formula is C30H74Ge4Si6. The maximum absolute atomic E-state index is 2.96. The van der Waals surface area contributed by atoms with Crippen LogP contribution in [0.4, 0.5) is 0 Å². The van der Waals surface area contributed by atoms with Gasteiger partial charge in [0, 0.05) is 0 Å². The van der Waals surface area contributed by atoms with Crippen molar-refractivity contribution in [2.45, 2.75) is 179 Å². The van der Waals surface area contributed by atoms with Gasteiger partial charge in [0.2, 0.25) is 0 Å². The first-order valence-electron chi connectivity index (χ1n) is 16.7. The molecular weight excluding hydrogens is 819 g/mol. The minimum atomic E-state index is -1.56. The topological polar surface area (TPSA) is 0 Å². The molecule has 0 spiro atoms. The molecule has 2 saturated heterocycles. The van der Waals surface area contributed by atoms with Gasteiger partial charge in [-0.2, -0.15) is 0 Å². The molecule has 10 heteroatoms. The minimum absolute atomic E-state index is 0.910. The van der Waals surface area contributed by atoms with E-state index in [1.165, 1.54) is 0 Å². The standard InChI is InChI=1S/C30H74Ge4Si6/c1-31(2)27(35(5,6)7)23-25-29(37(11,12)13,38(14,15)16)33(27)34-28(32(3)4,36(8,9)10)24-26-30(34,39(17,18)19)40(20,21)22/h23-26H2,1-22H3/b34-33-/t27-,28-/m0/s1. The van der Waals surface area contributed by atoms with E-state index in [-0.39, 0.29) is 0 Å². The van der Waals surface area contributed by atoms with Crippen LogP contribution in [0.15, 0.2) is 0 Å². The SMILES string of the molecule is [CH3][Ge]([CH3])[C@@]1([Si](C)(C)C)CC[C]([Si](C)(C)C)([Si](C)(C)C)/[Ge]1=[Ge]1\[C]([Si](C)(C)C)([Si](C)(C)C)CC[C@@]1([Ge]([CH3])[CH3])[Si](C)(C)C. The summed E-state index contributed by atoms with van der Waals surface area (Å²) in [4.78, 5) is 0. The van der Waals surface area contributed by atoms with Crippen molar-refractivity contribution in [1.82, 2.24) is 0 Å². The summed E-state index contributed by atoms with van der Waals surface area (Å²) in [5.74, 6) is 11.8. The third-order valence-corrected chi connectivity index (χ3v) is 176. The first-order valence-corrected chi connectivity index (χ1v) is 58.9. The summed E-state index contributed by atoms with van der Waals surface area (Å²) in [7, 11) is -8.30. The van der Waals surface area contributed by atoms with Crippen molar-refractivity contribution in [2.75, 3.05) is 0 Å². The van der Waals surface area contributed by atoms with E-state index in [4.69, 9.17) is 0 Å². The molecule has 2 aliphatic rings. The molecule has 0 amide bonds. The Morgan fingerprint density at radius 1 is 0.350 bits per heavy atom. The van der Waals surface area contributed by atoms with Crippen LogP contribution in [0.1, 0.15) is 25.7 Å². The van der Waals surface area contributed by atoms with Crippen molar-refractivity contribution in [2.24, 2.45) is 0 Å². The predicted molar refractivity (Wildman–Crippen MR) is 216 cm³/mol. The normalized spacial score (nSPS) is 30.6. The van der Waals surface area contributed by atoms with Crippen molar-refractivity contribution in [3.05, 3.63) is 0 Å². The second-order valence-corrected chi connectivity index (χ2v) is 100.0. The van der Waals surface area contributed by atoms with Gasteiger partial charge >= 0.3 is 280 Å². The van der Waals surface area contributed by atoms with Crippen LogP contribution >= 0.6 is 0 Å². The number of rotatable bonds is 8. The Morgan fingerprint density at radius 3 is 0.675 bits per heavy atom. The summed E-state index contributed by atoms with van der Waals surface area (Å²) in [6, 6.07) is 0. The molecule has 0 bridgehead atoms. The Labute approximate surface area is 276 Å². The zero-order chi connectivity index (χ0) is 32.1. The number of hydrogen-bond acceptors (Lipinski definition) is 0. The summed E-state index contributed by atoms with van der Waals surface area (Å²) < 4.78 is 3.76. The fourth-order valence-electron chi connectivity index (χ4n) is 12.1. The van der Waals surface area contributed by atoms with Gasteiger partial charge in [0.25, 0.3) is 0 Å². The summed E-state index contributed by atoms with van der Waals surface area (Å²) in [6.07, 6.45) is 6.93. The van der Waals surface area contributed by atoms with Crippen molar-refractivity contribution >= 4 is 101 Å². The average Bonchev–Trinajstić information content (AvgIpc) is 3.21. The van der Waals surface area contributed by atoms with Crippen LogP contribution in [-0.4, -0.2) is 101 Å². The molecule has 0 aliphatic carbocycles. The monoisotopic (exact) mass is 898 g/mol. The zero-order valence-electron chi connectivity index (χ0n) is 31.8. The summed E-state index contributed by atoms with van der Waals surface area (Å²) in [5, 5.41) is 0. The number of hydrogen-bond donors (Lipinski definition) is 0. The molecule has 0 aromatic carbocycles. The summed E-state index contributed by atoms with van der Waals surface area (Å²) in [6.45, 7) is 53.1. The van der Waals surface area contributed by atoms with Gasteiger partial charge in [0.05, 0.1) is 0 Å². The van der Waals surface area contributed by atoms with E-state index < -0.39 is 101 Å². The molecule has 0 unspecified atom stereocenters. The molecule has 0 aromatic heterocycles. The van der Waals surface area contributed by atoms with Crippen molar-refractivity contribution in [3.63, 3.8) is 0 Å². The molecule has 2 fully saturated rings. The van der Waals surface area contributed by atoms with Crippen LogP contribution in [0.5, 0.6) is 0 Å². The van der Waals surface area contributed by atoms with Crippen LogP contribution < -0.4 is 0 Å². The van der Waals surface area contributed by atoms with Crippen LogP contribution in [0.2, 0.25) is 153 Å². The maximum atomic E-state index is 2.96. The van der Waals surface area contributed by atoms with Crippen LogP contribution in [0.3, 0.4) is 0 Å². The van der Waals surface area contributed by atoms with E-state index in [2.05, 4.69) is 141 Å². The van der Waals surface area contributed by atoms with E-state index in [0.717, 1.165) is 12.4 Å². The van der Waals surface area contributed by atoms with Gasteiger partial charge in [-0.25, -0.2) is 0 Å². The van der Waals surface area contributed by atoms with Gasteiger partial charge < -0.3 is 0 Å². The second-order valence-electron chi connectivity index (χ2n) is 20.9. The Bertz CT molecular complexity index is 888. The fraction of sp³-hybridized carbons (Fsp3) is 1.00. The molecule has 2 atom stereocenters. The molecule has 2 rings (SSSR count). The Kier molecular flexibility index (Phi) is 11.5. The first kappa shape index (κ1) is 39.7. The fourth-order valence-corrected chi connectivity index (χ4v) is 295. The molecule has 40 heavy (non-hydrogen) atoms. The first-order chi connectivity index (χ1) is 17.3. The van der Waals surface area contributed by atoms with Crippen molar-refractivity contribution in [3.8, 4) is 0 Å². The molecule has 0 aromatic rings. The molecule has 2 radical (unpaired) electrons. The third kappa shape index (κ3) is 5.47. The van der Waals surface area contributed by atoms with E-state index in [1.54, 1.807) is 25.7 Å². The second kappa shape index (κ2) is 11.6. The third-order valence-electron chi connectivity index (χ3n) is 13.1. The molecule has 0 N–H and O–H groups in total. The van der Waals surface area contributed by atoms with Gasteiger partial charge in [-0.3, -0.25) is 0 Å². The summed E-state index contributed by atoms with van der Waals surface area (Å²) in [5.41, 5.74) is 0. The Balaban J connectivity index is 3.70. The molecule has 0 saturated carbocycles. The van der Waals surface area contributed by atoms with Crippen molar-refractivity contribution < 1.29 is 0 Å². The van der Waals surface area contributed by atoms with Gasteiger partial charge in [0.15, 0.2) is 0 Å². The molecule has 2 heterocycles. The molecule has 0 nitrogen and oxygen atoms in total. The van der Waals surface area contributed by atoms with Gasteiger partial charge in [-0.05, 0) is 0 Å². The van der Waals surface area contributed by atoms with Gasteiger partial charge in [-0.1, -0.05) is 0 Å². The Hall–Kier alpha value is 3.47. The average molecular weight is 894 g/mol. The van der Waals surface area contributed by atoms with E-state index in [0.29, 0.717) is 0 Å². The van der Waals surface area contributed by atoms with Gasteiger partial charge in [-0.15, -0.1) is 0 Å². The molecule has 234 valence electrons. The van der Waals surface area contributed by atoms with Crippen LogP contribution in [0.25, 0.3) is 0 Å². The quantitative estimate of drug-likeness (QED) is 0.213. The zero-order valence-corrected chi connectivity index (χ0v) is 46.2. The van der Waals surface area contributed by atoms with Crippen LogP contribution in [0, 0.1) is 0 Å².